The number of hydrogen-bond acceptors (Lipinski definition) is 2. The molecule has 1 unspecified atom stereocenters. The van der Waals surface area contributed by atoms with Gasteiger partial charge >= 0.3 is 0 Å². The first-order valence-corrected chi connectivity index (χ1v) is 6.07. The lowest BCUT2D eigenvalue weighted by atomic mass is 10.0. The lowest BCUT2D eigenvalue weighted by Crippen LogP contribution is -2.35. The van der Waals surface area contributed by atoms with Crippen molar-refractivity contribution in [3.63, 3.8) is 0 Å². The van der Waals surface area contributed by atoms with E-state index < -0.39 is 0 Å². The Balaban J connectivity index is 2.66. The van der Waals surface area contributed by atoms with Crippen LogP contribution < -0.4 is 5.32 Å². The maximum absolute atomic E-state index is 9.65. The van der Waals surface area contributed by atoms with E-state index in [1.165, 1.54) is 5.56 Å². The molecule has 1 atom stereocenters. The van der Waals surface area contributed by atoms with Crippen molar-refractivity contribution in [2.45, 2.75) is 52.6 Å². The lowest BCUT2D eigenvalue weighted by Gasteiger charge is -2.20. The lowest BCUT2D eigenvalue weighted by molar-refractivity contribution is 0.445. The summed E-state index contributed by atoms with van der Waals surface area (Å²) in [6, 6.07) is 6.94. The van der Waals surface area contributed by atoms with E-state index in [4.69, 9.17) is 0 Å². The van der Waals surface area contributed by atoms with E-state index in [0.717, 1.165) is 18.4 Å². The van der Waals surface area contributed by atoms with Gasteiger partial charge in [-0.05, 0) is 37.0 Å². The molecule has 1 rings (SSSR count). The van der Waals surface area contributed by atoms with Crippen molar-refractivity contribution in [1.29, 1.82) is 0 Å². The van der Waals surface area contributed by atoms with Crippen molar-refractivity contribution in [1.82, 2.24) is 5.32 Å². The molecule has 0 aliphatic carbocycles. The van der Waals surface area contributed by atoms with Crippen LogP contribution in [0.2, 0.25) is 0 Å². The zero-order chi connectivity index (χ0) is 12.1. The van der Waals surface area contributed by atoms with Crippen LogP contribution in [0.5, 0.6) is 5.75 Å². The first-order chi connectivity index (χ1) is 7.52. The molecule has 2 heteroatoms. The highest BCUT2D eigenvalue weighted by Gasteiger charge is 2.09. The first-order valence-electron chi connectivity index (χ1n) is 6.07. The summed E-state index contributed by atoms with van der Waals surface area (Å²) in [5.41, 5.74) is 2.14. The van der Waals surface area contributed by atoms with Crippen molar-refractivity contribution in [2.24, 2.45) is 0 Å². The first kappa shape index (κ1) is 13.0. The van der Waals surface area contributed by atoms with E-state index in [0.29, 0.717) is 17.8 Å². The minimum Gasteiger partial charge on any atom is -0.508 e. The molecular formula is C14H23NO. The highest BCUT2D eigenvalue weighted by atomic mass is 16.3. The molecule has 0 aromatic heterocycles. The third-order valence-corrected chi connectivity index (χ3v) is 2.82. The molecule has 0 radical (unpaired) electrons. The van der Waals surface area contributed by atoms with Gasteiger partial charge in [-0.3, -0.25) is 0 Å². The predicted octanol–water partition coefficient (Wildman–Crippen LogP) is 3.02. The average molecular weight is 221 g/mol. The molecule has 0 bridgehead atoms. The molecule has 0 saturated heterocycles. The molecule has 1 aromatic carbocycles. The Bertz CT molecular complexity index is 334. The van der Waals surface area contributed by atoms with Crippen LogP contribution in [0.1, 0.15) is 38.3 Å². The largest absolute Gasteiger partial charge is 0.508 e. The number of phenolic OH excluding ortho intramolecular Hbond substituents is 1. The maximum Gasteiger partial charge on any atom is 0.118 e. The molecule has 0 amide bonds. The molecule has 0 aliphatic heterocycles. The zero-order valence-corrected chi connectivity index (χ0v) is 10.7. The molecule has 90 valence electrons. The SMILES string of the molecule is CCC(Cc1ccc(C)c(O)c1)NC(C)C. The third kappa shape index (κ3) is 3.86. The minimum absolute atomic E-state index is 0.400. The fourth-order valence-corrected chi connectivity index (χ4v) is 1.86. The van der Waals surface area contributed by atoms with Crippen LogP contribution in [0.15, 0.2) is 18.2 Å². The number of rotatable bonds is 5. The Morgan fingerprint density at radius 3 is 2.50 bits per heavy atom. The molecular weight excluding hydrogens is 198 g/mol. The van der Waals surface area contributed by atoms with Crippen LogP contribution >= 0.6 is 0 Å². The minimum atomic E-state index is 0.400. The third-order valence-electron chi connectivity index (χ3n) is 2.82. The number of aromatic hydroxyl groups is 1. The highest BCUT2D eigenvalue weighted by molar-refractivity contribution is 5.35. The second-order valence-electron chi connectivity index (χ2n) is 4.75. The Hall–Kier alpha value is -1.02. The number of aryl methyl sites for hydroxylation is 1. The van der Waals surface area contributed by atoms with E-state index in [1.54, 1.807) is 0 Å². The van der Waals surface area contributed by atoms with Crippen LogP contribution in [-0.2, 0) is 6.42 Å². The summed E-state index contributed by atoms with van der Waals surface area (Å²) in [6.07, 6.45) is 2.08. The Kier molecular flexibility index (Phi) is 4.81. The normalized spacial score (nSPS) is 13.1. The Morgan fingerprint density at radius 1 is 1.31 bits per heavy atom. The van der Waals surface area contributed by atoms with Gasteiger partial charge in [-0.25, -0.2) is 0 Å². The van der Waals surface area contributed by atoms with Gasteiger partial charge in [0.25, 0.3) is 0 Å². The van der Waals surface area contributed by atoms with Gasteiger partial charge in [0.05, 0.1) is 0 Å². The van der Waals surface area contributed by atoms with E-state index >= 15 is 0 Å². The number of benzene rings is 1. The fraction of sp³-hybridized carbons (Fsp3) is 0.571. The summed E-state index contributed by atoms with van der Waals surface area (Å²) in [5, 5.41) is 13.2. The van der Waals surface area contributed by atoms with Crippen LogP contribution in [0, 0.1) is 6.92 Å². The average Bonchev–Trinajstić information content (AvgIpc) is 2.22. The van der Waals surface area contributed by atoms with E-state index in [9.17, 15) is 5.11 Å². The van der Waals surface area contributed by atoms with Crippen LogP contribution in [0.3, 0.4) is 0 Å². The Morgan fingerprint density at radius 2 is 2.00 bits per heavy atom. The fourth-order valence-electron chi connectivity index (χ4n) is 1.86. The number of phenols is 1. The Labute approximate surface area is 98.7 Å². The van der Waals surface area contributed by atoms with Crippen molar-refractivity contribution >= 4 is 0 Å². The van der Waals surface area contributed by atoms with Gasteiger partial charge in [0.2, 0.25) is 0 Å². The van der Waals surface area contributed by atoms with Crippen LogP contribution in [0.4, 0.5) is 0 Å². The van der Waals surface area contributed by atoms with Gasteiger partial charge in [0.1, 0.15) is 5.75 Å². The molecule has 2 nitrogen and oxygen atoms in total. The monoisotopic (exact) mass is 221 g/mol. The summed E-state index contributed by atoms with van der Waals surface area (Å²) in [6.45, 7) is 8.43. The molecule has 0 saturated carbocycles. The quantitative estimate of drug-likeness (QED) is 0.801. The number of hydrogen-bond donors (Lipinski definition) is 2. The topological polar surface area (TPSA) is 32.3 Å². The van der Waals surface area contributed by atoms with E-state index in [1.807, 2.05) is 19.1 Å². The summed E-state index contributed by atoms with van der Waals surface area (Å²) >= 11 is 0. The second-order valence-corrected chi connectivity index (χ2v) is 4.75. The van der Waals surface area contributed by atoms with Crippen molar-refractivity contribution in [3.8, 4) is 5.75 Å². The molecule has 0 spiro atoms. The molecule has 0 fully saturated rings. The van der Waals surface area contributed by atoms with Gasteiger partial charge in [-0.15, -0.1) is 0 Å². The summed E-state index contributed by atoms with van der Waals surface area (Å²) in [4.78, 5) is 0. The summed E-state index contributed by atoms with van der Waals surface area (Å²) in [7, 11) is 0. The maximum atomic E-state index is 9.65. The molecule has 1 aromatic rings. The van der Waals surface area contributed by atoms with E-state index in [2.05, 4.69) is 32.2 Å². The standard InChI is InChI=1S/C14H23NO/c1-5-13(15-10(2)3)8-12-7-6-11(4)14(16)9-12/h6-7,9-10,13,15-16H,5,8H2,1-4H3. The van der Waals surface area contributed by atoms with Crippen molar-refractivity contribution in [2.75, 3.05) is 0 Å². The molecule has 2 N–H and O–H groups in total. The van der Waals surface area contributed by atoms with E-state index in [-0.39, 0.29) is 0 Å². The zero-order valence-electron chi connectivity index (χ0n) is 10.7. The predicted molar refractivity (Wildman–Crippen MR) is 68.9 cm³/mol. The van der Waals surface area contributed by atoms with Gasteiger partial charge in [0, 0.05) is 12.1 Å². The molecule has 0 heterocycles. The molecule has 0 aliphatic rings. The summed E-state index contributed by atoms with van der Waals surface area (Å²) < 4.78 is 0. The van der Waals surface area contributed by atoms with Crippen molar-refractivity contribution < 1.29 is 5.11 Å². The van der Waals surface area contributed by atoms with Gasteiger partial charge in [-0.2, -0.15) is 0 Å². The van der Waals surface area contributed by atoms with Crippen molar-refractivity contribution in [3.05, 3.63) is 29.3 Å². The van der Waals surface area contributed by atoms with Crippen LogP contribution in [0.25, 0.3) is 0 Å². The smallest absolute Gasteiger partial charge is 0.118 e. The van der Waals surface area contributed by atoms with Gasteiger partial charge in [0.15, 0.2) is 0 Å². The van der Waals surface area contributed by atoms with Gasteiger partial charge in [-0.1, -0.05) is 32.9 Å². The highest BCUT2D eigenvalue weighted by Crippen LogP contribution is 2.18. The van der Waals surface area contributed by atoms with Gasteiger partial charge < -0.3 is 10.4 Å². The second kappa shape index (κ2) is 5.90. The number of nitrogens with one attached hydrogen (secondary N) is 1. The molecule has 16 heavy (non-hydrogen) atoms. The van der Waals surface area contributed by atoms with Crippen LogP contribution in [-0.4, -0.2) is 17.2 Å². The summed E-state index contributed by atoms with van der Waals surface area (Å²) in [5.74, 6) is 0.400.